The lowest BCUT2D eigenvalue weighted by Crippen LogP contribution is -2.15. The van der Waals surface area contributed by atoms with Crippen LogP contribution in [0, 0.1) is 0 Å². The Hall–Kier alpha value is -2.43. The number of nitrogens with zero attached hydrogens (tertiary/aromatic N) is 4. The minimum Gasteiger partial charge on any atom is -0.210 e. The van der Waals surface area contributed by atoms with Crippen molar-refractivity contribution in [1.29, 1.82) is 0 Å². The molecule has 0 saturated carbocycles. The van der Waals surface area contributed by atoms with E-state index in [-0.39, 0.29) is 29.8 Å². The SMILES string of the molecule is FC(F)(F)c1cc(-c2cccs2)nc(-n2nc(C(F)(F)F)c3c2CCC3)n1. The lowest BCUT2D eigenvalue weighted by atomic mass is 10.2. The molecule has 3 heterocycles. The summed E-state index contributed by atoms with van der Waals surface area (Å²) in [7, 11) is 0. The molecule has 0 radical (unpaired) electrons. The van der Waals surface area contributed by atoms with E-state index in [1.807, 2.05) is 0 Å². The van der Waals surface area contributed by atoms with E-state index in [1.165, 1.54) is 11.3 Å². The molecule has 4 nitrogen and oxygen atoms in total. The van der Waals surface area contributed by atoms with Crippen LogP contribution in [0.1, 0.15) is 29.1 Å². The zero-order chi connectivity index (χ0) is 19.4. The standard InChI is InChI=1S/C16H10F6N4S/c17-15(18,19)12-7-9(11-5-2-6-27-11)23-14(24-12)26-10-4-1-3-8(10)13(25-26)16(20,21)22/h2,5-7H,1,3-4H2. The number of halogens is 6. The Morgan fingerprint density at radius 1 is 1.00 bits per heavy atom. The van der Waals surface area contributed by atoms with Crippen LogP contribution in [0.15, 0.2) is 23.6 Å². The van der Waals surface area contributed by atoms with Crippen LogP contribution in [0.3, 0.4) is 0 Å². The molecule has 0 aliphatic heterocycles. The number of rotatable bonds is 2. The smallest absolute Gasteiger partial charge is 0.210 e. The first-order chi connectivity index (χ1) is 12.6. The third-order valence-electron chi connectivity index (χ3n) is 4.17. The molecule has 0 N–H and O–H groups in total. The molecule has 142 valence electrons. The van der Waals surface area contributed by atoms with Gasteiger partial charge < -0.3 is 0 Å². The van der Waals surface area contributed by atoms with Crippen molar-refractivity contribution in [2.24, 2.45) is 0 Å². The Labute approximate surface area is 152 Å². The normalized spacial score (nSPS) is 14.6. The van der Waals surface area contributed by atoms with Crippen LogP contribution in [0.25, 0.3) is 16.5 Å². The maximum atomic E-state index is 13.3. The van der Waals surface area contributed by atoms with Gasteiger partial charge in [0.1, 0.15) is 0 Å². The summed E-state index contributed by atoms with van der Waals surface area (Å²) < 4.78 is 80.4. The molecule has 3 aromatic heterocycles. The second-order valence-corrected chi connectivity index (χ2v) is 6.90. The zero-order valence-electron chi connectivity index (χ0n) is 13.4. The van der Waals surface area contributed by atoms with Crippen LogP contribution in [-0.2, 0) is 25.2 Å². The quantitative estimate of drug-likeness (QED) is 0.570. The molecule has 4 rings (SSSR count). The number of hydrogen-bond acceptors (Lipinski definition) is 4. The average Bonchev–Trinajstić information content (AvgIpc) is 3.29. The maximum Gasteiger partial charge on any atom is 0.435 e. The van der Waals surface area contributed by atoms with Gasteiger partial charge in [-0.25, -0.2) is 14.6 Å². The van der Waals surface area contributed by atoms with Gasteiger partial charge >= 0.3 is 12.4 Å². The molecule has 3 aromatic rings. The van der Waals surface area contributed by atoms with E-state index in [0.29, 0.717) is 11.3 Å². The van der Waals surface area contributed by atoms with Crippen LogP contribution >= 0.6 is 11.3 Å². The lowest BCUT2D eigenvalue weighted by molar-refractivity contribution is -0.142. The van der Waals surface area contributed by atoms with Crippen molar-refractivity contribution in [3.63, 3.8) is 0 Å². The molecule has 27 heavy (non-hydrogen) atoms. The molecule has 0 aromatic carbocycles. The summed E-state index contributed by atoms with van der Waals surface area (Å²) in [6.45, 7) is 0. The van der Waals surface area contributed by atoms with Gasteiger partial charge in [-0.05, 0) is 36.8 Å². The summed E-state index contributed by atoms with van der Waals surface area (Å²) in [6, 6.07) is 4.00. The molecule has 1 aliphatic carbocycles. The van der Waals surface area contributed by atoms with E-state index in [0.717, 1.165) is 10.7 Å². The van der Waals surface area contributed by atoms with Crippen molar-refractivity contribution in [3.8, 4) is 16.5 Å². The number of fused-ring (bicyclic) bond motifs is 1. The molecule has 0 spiro atoms. The number of thiophene rings is 1. The minimum atomic E-state index is -4.77. The molecule has 0 bridgehead atoms. The number of hydrogen-bond donors (Lipinski definition) is 0. The van der Waals surface area contributed by atoms with Gasteiger partial charge in [0.15, 0.2) is 11.4 Å². The predicted octanol–water partition coefficient (Wildman–Crippen LogP) is 4.92. The Bertz CT molecular complexity index is 988. The van der Waals surface area contributed by atoms with Crippen molar-refractivity contribution in [2.45, 2.75) is 31.6 Å². The zero-order valence-corrected chi connectivity index (χ0v) is 14.2. The summed E-state index contributed by atoms with van der Waals surface area (Å²) >= 11 is 1.17. The Morgan fingerprint density at radius 3 is 2.41 bits per heavy atom. The molecule has 0 saturated heterocycles. The van der Waals surface area contributed by atoms with E-state index >= 15 is 0 Å². The highest BCUT2D eigenvalue weighted by molar-refractivity contribution is 7.13. The van der Waals surface area contributed by atoms with Gasteiger partial charge in [-0.3, -0.25) is 0 Å². The van der Waals surface area contributed by atoms with Crippen LogP contribution in [0.5, 0.6) is 0 Å². The lowest BCUT2D eigenvalue weighted by Gasteiger charge is -2.11. The predicted molar refractivity (Wildman–Crippen MR) is 84.5 cm³/mol. The topological polar surface area (TPSA) is 43.6 Å². The van der Waals surface area contributed by atoms with Gasteiger partial charge in [0.2, 0.25) is 0 Å². The Kier molecular flexibility index (Phi) is 4.02. The van der Waals surface area contributed by atoms with E-state index < -0.39 is 29.7 Å². The van der Waals surface area contributed by atoms with Gasteiger partial charge in [0, 0.05) is 5.56 Å². The second-order valence-electron chi connectivity index (χ2n) is 5.95. The summed E-state index contributed by atoms with van der Waals surface area (Å²) in [5, 5.41) is 5.19. The van der Waals surface area contributed by atoms with Crippen molar-refractivity contribution in [2.75, 3.05) is 0 Å². The highest BCUT2D eigenvalue weighted by atomic mass is 32.1. The van der Waals surface area contributed by atoms with E-state index in [1.54, 1.807) is 17.5 Å². The van der Waals surface area contributed by atoms with Crippen molar-refractivity contribution in [3.05, 3.63) is 46.2 Å². The monoisotopic (exact) mass is 404 g/mol. The third kappa shape index (κ3) is 3.20. The fourth-order valence-electron chi connectivity index (χ4n) is 3.06. The van der Waals surface area contributed by atoms with Crippen molar-refractivity contribution in [1.82, 2.24) is 19.7 Å². The third-order valence-corrected chi connectivity index (χ3v) is 5.06. The highest BCUT2D eigenvalue weighted by Crippen LogP contribution is 2.38. The summed E-state index contributed by atoms with van der Waals surface area (Å²) in [4.78, 5) is 7.97. The molecule has 0 amide bonds. The van der Waals surface area contributed by atoms with Crippen LogP contribution in [0.4, 0.5) is 26.3 Å². The molecular formula is C16H10F6N4S. The summed E-state index contributed by atoms with van der Waals surface area (Å²) in [5.41, 5.74) is -2.13. The summed E-state index contributed by atoms with van der Waals surface area (Å²) in [5.74, 6) is -0.512. The number of aromatic nitrogens is 4. The molecule has 11 heteroatoms. The van der Waals surface area contributed by atoms with Crippen LogP contribution < -0.4 is 0 Å². The highest BCUT2D eigenvalue weighted by Gasteiger charge is 2.41. The van der Waals surface area contributed by atoms with E-state index in [9.17, 15) is 26.3 Å². The van der Waals surface area contributed by atoms with Gasteiger partial charge in [0.05, 0.1) is 16.3 Å². The second kappa shape index (κ2) is 6.04. The minimum absolute atomic E-state index is 0.00110. The summed E-state index contributed by atoms with van der Waals surface area (Å²) in [6.07, 6.45) is -8.56. The Balaban J connectivity index is 1.94. The van der Waals surface area contributed by atoms with Crippen molar-refractivity contribution < 1.29 is 26.3 Å². The Morgan fingerprint density at radius 2 is 1.78 bits per heavy atom. The first kappa shape index (κ1) is 18.0. The first-order valence-corrected chi connectivity index (χ1v) is 8.71. The molecule has 1 aliphatic rings. The van der Waals surface area contributed by atoms with Crippen LogP contribution in [-0.4, -0.2) is 19.7 Å². The van der Waals surface area contributed by atoms with E-state index in [4.69, 9.17) is 0 Å². The largest absolute Gasteiger partial charge is 0.435 e. The van der Waals surface area contributed by atoms with Gasteiger partial charge in [0.25, 0.3) is 5.95 Å². The van der Waals surface area contributed by atoms with Crippen molar-refractivity contribution >= 4 is 11.3 Å². The number of alkyl halides is 6. The fourth-order valence-corrected chi connectivity index (χ4v) is 3.74. The maximum absolute atomic E-state index is 13.3. The van der Waals surface area contributed by atoms with Gasteiger partial charge in [-0.15, -0.1) is 11.3 Å². The van der Waals surface area contributed by atoms with Crippen LogP contribution in [0.2, 0.25) is 0 Å². The van der Waals surface area contributed by atoms with E-state index in [2.05, 4.69) is 15.1 Å². The van der Waals surface area contributed by atoms with Gasteiger partial charge in [-0.1, -0.05) is 6.07 Å². The molecular weight excluding hydrogens is 394 g/mol. The average molecular weight is 404 g/mol. The fraction of sp³-hybridized carbons (Fsp3) is 0.312. The molecule has 0 fully saturated rings. The molecule has 0 atom stereocenters. The molecule has 0 unspecified atom stereocenters. The van der Waals surface area contributed by atoms with Gasteiger partial charge in [-0.2, -0.15) is 31.4 Å². The first-order valence-electron chi connectivity index (χ1n) is 7.83.